The number of hydrogen-bond acceptors (Lipinski definition) is 5. The Kier molecular flexibility index (Phi) is 6.87. The van der Waals surface area contributed by atoms with Crippen LogP contribution in [-0.2, 0) is 24.9 Å². The SMILES string of the molecule is CC(C)(C)OC(=O)N[C@H]1CC[S@@](=O)(CC[C@](O)(c2ccccc2)C(F)(F)F)=NC1=O. The first-order valence-corrected chi connectivity index (χ1v) is 11.1. The van der Waals surface area contributed by atoms with Gasteiger partial charge >= 0.3 is 12.3 Å². The van der Waals surface area contributed by atoms with Gasteiger partial charge in [0.15, 0.2) is 5.60 Å². The van der Waals surface area contributed by atoms with Crippen molar-refractivity contribution in [3.63, 3.8) is 0 Å². The summed E-state index contributed by atoms with van der Waals surface area (Å²) in [7, 11) is -3.32. The highest BCUT2D eigenvalue weighted by Crippen LogP contribution is 2.42. The third-order valence-electron chi connectivity index (χ3n) is 4.47. The van der Waals surface area contributed by atoms with E-state index in [1.807, 2.05) is 0 Å². The van der Waals surface area contributed by atoms with Gasteiger partial charge in [-0.05, 0) is 32.8 Å². The van der Waals surface area contributed by atoms with Gasteiger partial charge in [0, 0.05) is 17.9 Å². The predicted molar refractivity (Wildman–Crippen MR) is 104 cm³/mol. The number of rotatable bonds is 5. The number of nitrogens with one attached hydrogen (secondary N) is 1. The van der Waals surface area contributed by atoms with Crippen LogP contribution in [0.1, 0.15) is 39.2 Å². The number of alkyl halides is 3. The topological polar surface area (TPSA) is 105 Å². The molecule has 0 aromatic heterocycles. The zero-order valence-electron chi connectivity index (χ0n) is 16.9. The van der Waals surface area contributed by atoms with Gasteiger partial charge in [0.05, 0.1) is 9.73 Å². The van der Waals surface area contributed by atoms with E-state index < -0.39 is 57.3 Å². The third kappa shape index (κ3) is 5.94. The molecule has 1 aromatic carbocycles. The van der Waals surface area contributed by atoms with Gasteiger partial charge in [0.2, 0.25) is 0 Å². The van der Waals surface area contributed by atoms with E-state index in [4.69, 9.17) is 4.74 Å². The summed E-state index contributed by atoms with van der Waals surface area (Å²) in [5.41, 5.74) is -4.39. The monoisotopic (exact) mass is 450 g/mol. The molecule has 1 aliphatic rings. The highest BCUT2D eigenvalue weighted by atomic mass is 32.2. The molecular weight excluding hydrogens is 425 g/mol. The van der Waals surface area contributed by atoms with Crippen molar-refractivity contribution in [3.8, 4) is 0 Å². The molecule has 1 aliphatic heterocycles. The van der Waals surface area contributed by atoms with Crippen LogP contribution < -0.4 is 5.32 Å². The molecule has 11 heteroatoms. The van der Waals surface area contributed by atoms with Crippen LogP contribution in [0.3, 0.4) is 0 Å². The van der Waals surface area contributed by atoms with Crippen LogP contribution >= 0.6 is 0 Å². The van der Waals surface area contributed by atoms with Gasteiger partial charge in [0.1, 0.15) is 11.6 Å². The summed E-state index contributed by atoms with van der Waals surface area (Å²) in [4.78, 5) is 24.0. The van der Waals surface area contributed by atoms with Crippen molar-refractivity contribution in [1.29, 1.82) is 0 Å². The minimum atomic E-state index is -5.01. The number of aliphatic hydroxyl groups is 1. The number of ether oxygens (including phenoxy) is 1. The summed E-state index contributed by atoms with van der Waals surface area (Å²) >= 11 is 0. The van der Waals surface area contributed by atoms with Crippen LogP contribution in [0, 0.1) is 0 Å². The number of benzene rings is 1. The minimum Gasteiger partial charge on any atom is -0.444 e. The van der Waals surface area contributed by atoms with Crippen molar-refractivity contribution in [2.45, 2.75) is 57.0 Å². The Morgan fingerprint density at radius 3 is 2.37 bits per heavy atom. The summed E-state index contributed by atoms with van der Waals surface area (Å²) in [5.74, 6) is -1.71. The molecule has 0 radical (unpaired) electrons. The summed E-state index contributed by atoms with van der Waals surface area (Å²) in [5, 5.41) is 12.7. The van der Waals surface area contributed by atoms with Gasteiger partial charge < -0.3 is 15.2 Å². The molecule has 0 fully saturated rings. The molecule has 30 heavy (non-hydrogen) atoms. The van der Waals surface area contributed by atoms with Crippen molar-refractivity contribution in [1.82, 2.24) is 5.32 Å². The molecule has 0 bridgehead atoms. The lowest BCUT2D eigenvalue weighted by atomic mass is 9.90. The highest BCUT2D eigenvalue weighted by Gasteiger charge is 2.55. The normalized spacial score (nSPS) is 24.5. The molecule has 168 valence electrons. The van der Waals surface area contributed by atoms with Gasteiger partial charge in [-0.25, -0.2) is 9.00 Å². The van der Waals surface area contributed by atoms with E-state index in [9.17, 15) is 32.1 Å². The molecule has 1 aromatic rings. The molecule has 1 heterocycles. The van der Waals surface area contributed by atoms with Crippen LogP contribution in [0.15, 0.2) is 34.7 Å². The van der Waals surface area contributed by atoms with Crippen LogP contribution in [0.25, 0.3) is 0 Å². The average molecular weight is 450 g/mol. The number of amides is 2. The Hall–Kier alpha value is -2.14. The molecular formula is C19H25F3N2O5S. The number of hydrogen-bond donors (Lipinski definition) is 2. The fourth-order valence-electron chi connectivity index (χ4n) is 2.90. The van der Waals surface area contributed by atoms with Gasteiger partial charge in [0.25, 0.3) is 5.91 Å². The van der Waals surface area contributed by atoms with Crippen molar-refractivity contribution < 1.29 is 36.8 Å². The number of nitrogens with zero attached hydrogens (tertiary/aromatic N) is 1. The molecule has 3 atom stereocenters. The molecule has 0 saturated heterocycles. The van der Waals surface area contributed by atoms with E-state index in [1.165, 1.54) is 18.2 Å². The second-order valence-electron chi connectivity index (χ2n) is 8.07. The largest absolute Gasteiger partial charge is 0.444 e. The maximum Gasteiger partial charge on any atom is 0.421 e. The van der Waals surface area contributed by atoms with E-state index in [-0.39, 0.29) is 17.7 Å². The number of alkyl carbamates (subject to hydrolysis) is 1. The van der Waals surface area contributed by atoms with Gasteiger partial charge in [-0.2, -0.15) is 17.5 Å². The van der Waals surface area contributed by atoms with Crippen molar-refractivity contribution >= 4 is 21.7 Å². The molecule has 0 unspecified atom stereocenters. The molecule has 2 rings (SSSR count). The maximum atomic E-state index is 13.6. The predicted octanol–water partition coefficient (Wildman–Crippen LogP) is 3.12. The van der Waals surface area contributed by atoms with Crippen LogP contribution in [0.2, 0.25) is 0 Å². The second kappa shape index (κ2) is 8.54. The Balaban J connectivity index is 2.14. The maximum absolute atomic E-state index is 13.6. The quantitative estimate of drug-likeness (QED) is 0.717. The molecule has 0 spiro atoms. The standard InChI is InChI=1S/C19H25F3N2O5S/c1-17(2,3)29-16(26)23-14-9-11-30(28,24-15(14)25)12-10-18(27,19(20,21)22)13-7-5-4-6-8-13/h4-8,14,27H,9-12H2,1-3H3,(H,23,26)/t14-,18-,30+/m0/s1. The Labute approximate surface area is 173 Å². The Bertz CT molecular complexity index is 905. The highest BCUT2D eigenvalue weighted by molar-refractivity contribution is 7.93. The lowest BCUT2D eigenvalue weighted by molar-refractivity contribution is -0.267. The first kappa shape index (κ1) is 24.1. The van der Waals surface area contributed by atoms with Gasteiger partial charge in [-0.3, -0.25) is 4.79 Å². The van der Waals surface area contributed by atoms with Crippen molar-refractivity contribution in [2.24, 2.45) is 4.36 Å². The van der Waals surface area contributed by atoms with E-state index in [0.29, 0.717) is 0 Å². The fourth-order valence-corrected chi connectivity index (χ4v) is 4.96. The number of carbonyl (C=O) groups is 2. The Morgan fingerprint density at radius 1 is 1.27 bits per heavy atom. The Morgan fingerprint density at radius 2 is 1.87 bits per heavy atom. The lowest BCUT2D eigenvalue weighted by Crippen LogP contribution is -2.47. The van der Waals surface area contributed by atoms with E-state index in [0.717, 1.165) is 12.1 Å². The minimum absolute atomic E-state index is 0.0593. The van der Waals surface area contributed by atoms with E-state index >= 15 is 0 Å². The van der Waals surface area contributed by atoms with Gasteiger partial charge in [-0.15, -0.1) is 0 Å². The number of halogens is 3. The smallest absolute Gasteiger partial charge is 0.421 e. The van der Waals surface area contributed by atoms with Crippen molar-refractivity contribution in [2.75, 3.05) is 11.5 Å². The molecule has 0 aliphatic carbocycles. The van der Waals surface area contributed by atoms with Gasteiger partial charge in [-0.1, -0.05) is 30.3 Å². The third-order valence-corrected chi connectivity index (χ3v) is 6.70. The molecule has 0 saturated carbocycles. The van der Waals surface area contributed by atoms with E-state index in [1.54, 1.807) is 20.8 Å². The molecule has 2 N–H and O–H groups in total. The average Bonchev–Trinajstić information content (AvgIpc) is 2.60. The second-order valence-corrected chi connectivity index (χ2v) is 10.6. The first-order valence-electron chi connectivity index (χ1n) is 9.26. The summed E-state index contributed by atoms with van der Waals surface area (Å²) in [6.07, 6.45) is -6.83. The molecule has 7 nitrogen and oxygen atoms in total. The number of carbonyl (C=O) groups excluding carboxylic acids is 2. The van der Waals surface area contributed by atoms with E-state index in [2.05, 4.69) is 9.68 Å². The van der Waals surface area contributed by atoms with Crippen molar-refractivity contribution in [3.05, 3.63) is 35.9 Å². The summed E-state index contributed by atoms with van der Waals surface area (Å²) in [6, 6.07) is 5.41. The zero-order valence-corrected chi connectivity index (χ0v) is 17.7. The van der Waals surface area contributed by atoms with Crippen LogP contribution in [0.4, 0.5) is 18.0 Å². The fraction of sp³-hybridized carbons (Fsp3) is 0.579. The first-order chi connectivity index (χ1) is 13.7. The molecule has 2 amide bonds. The summed E-state index contributed by atoms with van der Waals surface area (Å²) < 4.78 is 62.2. The summed E-state index contributed by atoms with van der Waals surface area (Å²) in [6.45, 7) is 4.92. The van der Waals surface area contributed by atoms with Crippen LogP contribution in [0.5, 0.6) is 0 Å². The lowest BCUT2D eigenvalue weighted by Gasteiger charge is -2.32. The van der Waals surface area contributed by atoms with Crippen LogP contribution in [-0.4, -0.2) is 50.6 Å². The zero-order chi connectivity index (χ0) is 22.8.